The summed E-state index contributed by atoms with van der Waals surface area (Å²) in [5.41, 5.74) is 3.83. The largest absolute Gasteiger partial charge is 0.376 e. The van der Waals surface area contributed by atoms with Gasteiger partial charge in [-0.2, -0.15) is 0 Å². The van der Waals surface area contributed by atoms with E-state index in [1.165, 1.54) is 6.42 Å². The SMILES string of the molecule is COC1(C(NN)c2ccc(Cl)cc2)CCC1. The zero-order valence-corrected chi connectivity index (χ0v) is 10.1. The average molecular weight is 241 g/mol. The minimum atomic E-state index is -0.150. The first-order valence-corrected chi connectivity index (χ1v) is 5.86. The first kappa shape index (κ1) is 11.9. The van der Waals surface area contributed by atoms with E-state index in [1.54, 1.807) is 7.11 Å². The van der Waals surface area contributed by atoms with Crippen molar-refractivity contribution in [3.8, 4) is 0 Å². The first-order valence-electron chi connectivity index (χ1n) is 5.48. The Bertz CT molecular complexity index is 343. The van der Waals surface area contributed by atoms with Gasteiger partial charge in [0.2, 0.25) is 0 Å². The van der Waals surface area contributed by atoms with E-state index in [0.29, 0.717) is 0 Å². The number of ether oxygens (including phenoxy) is 1. The highest BCUT2D eigenvalue weighted by molar-refractivity contribution is 6.30. The standard InChI is InChI=1S/C12H17ClN2O/c1-16-12(7-2-8-12)11(15-14)9-3-5-10(13)6-4-9/h3-6,11,15H,2,7-8,14H2,1H3. The van der Waals surface area contributed by atoms with Crippen LogP contribution in [0.5, 0.6) is 0 Å². The van der Waals surface area contributed by atoms with E-state index in [4.69, 9.17) is 22.2 Å². The van der Waals surface area contributed by atoms with Crippen LogP contribution in [-0.2, 0) is 4.74 Å². The molecule has 1 aromatic rings. The first-order chi connectivity index (χ1) is 7.72. The van der Waals surface area contributed by atoms with Gasteiger partial charge in [0.15, 0.2) is 0 Å². The molecule has 0 heterocycles. The quantitative estimate of drug-likeness (QED) is 0.628. The summed E-state index contributed by atoms with van der Waals surface area (Å²) in [6.07, 6.45) is 3.28. The fourth-order valence-electron chi connectivity index (χ4n) is 2.34. The maximum Gasteiger partial charge on any atom is 0.0885 e. The lowest BCUT2D eigenvalue weighted by Gasteiger charge is -2.46. The topological polar surface area (TPSA) is 47.3 Å². The highest BCUT2D eigenvalue weighted by atomic mass is 35.5. The molecule has 2 rings (SSSR count). The van der Waals surface area contributed by atoms with Crippen molar-refractivity contribution in [2.24, 2.45) is 5.84 Å². The van der Waals surface area contributed by atoms with E-state index in [1.807, 2.05) is 24.3 Å². The Morgan fingerprint density at radius 3 is 2.38 bits per heavy atom. The molecular formula is C12H17ClN2O. The van der Waals surface area contributed by atoms with Gasteiger partial charge < -0.3 is 4.74 Å². The molecule has 0 saturated heterocycles. The van der Waals surface area contributed by atoms with Crippen LogP contribution in [0.25, 0.3) is 0 Å². The Kier molecular flexibility index (Phi) is 3.50. The van der Waals surface area contributed by atoms with Crippen molar-refractivity contribution in [2.75, 3.05) is 7.11 Å². The maximum atomic E-state index is 5.87. The number of methoxy groups -OCH3 is 1. The Hall–Kier alpha value is -0.610. The monoisotopic (exact) mass is 240 g/mol. The van der Waals surface area contributed by atoms with Crippen molar-refractivity contribution < 1.29 is 4.74 Å². The lowest BCUT2D eigenvalue weighted by Crippen LogP contribution is -2.52. The van der Waals surface area contributed by atoms with Gasteiger partial charge in [-0.15, -0.1) is 0 Å². The number of hydrazine groups is 1. The minimum absolute atomic E-state index is 0.0310. The molecule has 1 aliphatic rings. The minimum Gasteiger partial charge on any atom is -0.376 e. The summed E-state index contributed by atoms with van der Waals surface area (Å²) >= 11 is 5.87. The van der Waals surface area contributed by atoms with E-state index in [9.17, 15) is 0 Å². The Morgan fingerprint density at radius 2 is 2.00 bits per heavy atom. The summed E-state index contributed by atoms with van der Waals surface area (Å²) in [7, 11) is 1.75. The third kappa shape index (κ3) is 1.96. The van der Waals surface area contributed by atoms with Crippen LogP contribution in [0.4, 0.5) is 0 Å². The lowest BCUT2D eigenvalue weighted by atomic mass is 9.72. The fraction of sp³-hybridized carbons (Fsp3) is 0.500. The zero-order valence-electron chi connectivity index (χ0n) is 9.37. The number of nitrogens with one attached hydrogen (secondary N) is 1. The van der Waals surface area contributed by atoms with Crippen molar-refractivity contribution >= 4 is 11.6 Å². The third-order valence-corrected chi connectivity index (χ3v) is 3.75. The van der Waals surface area contributed by atoms with Gasteiger partial charge in [0, 0.05) is 12.1 Å². The van der Waals surface area contributed by atoms with Crippen LogP contribution in [-0.4, -0.2) is 12.7 Å². The van der Waals surface area contributed by atoms with Crippen LogP contribution in [0.15, 0.2) is 24.3 Å². The molecule has 0 spiro atoms. The Morgan fingerprint density at radius 1 is 1.38 bits per heavy atom. The van der Waals surface area contributed by atoms with Crippen LogP contribution in [0.2, 0.25) is 5.02 Å². The zero-order chi connectivity index (χ0) is 11.6. The van der Waals surface area contributed by atoms with Crippen molar-refractivity contribution in [1.82, 2.24) is 5.43 Å². The summed E-state index contributed by atoms with van der Waals surface area (Å²) in [4.78, 5) is 0. The molecule has 1 aromatic carbocycles. The highest BCUT2D eigenvalue weighted by Gasteiger charge is 2.44. The van der Waals surface area contributed by atoms with Crippen LogP contribution in [0, 0.1) is 0 Å². The van der Waals surface area contributed by atoms with Crippen LogP contribution in [0.3, 0.4) is 0 Å². The molecule has 0 amide bonds. The van der Waals surface area contributed by atoms with Gasteiger partial charge in [-0.25, -0.2) is 0 Å². The molecule has 4 heteroatoms. The molecule has 0 aromatic heterocycles. The normalized spacial score (nSPS) is 20.2. The Balaban J connectivity index is 2.25. The number of benzene rings is 1. The summed E-state index contributed by atoms with van der Waals surface area (Å²) in [5, 5.41) is 0.736. The van der Waals surface area contributed by atoms with E-state index < -0.39 is 0 Å². The predicted molar refractivity (Wildman–Crippen MR) is 65.1 cm³/mol. The van der Waals surface area contributed by atoms with Gasteiger partial charge in [-0.1, -0.05) is 23.7 Å². The van der Waals surface area contributed by atoms with Crippen molar-refractivity contribution in [3.05, 3.63) is 34.9 Å². The smallest absolute Gasteiger partial charge is 0.0885 e. The van der Waals surface area contributed by atoms with E-state index in [2.05, 4.69) is 5.43 Å². The summed E-state index contributed by atoms with van der Waals surface area (Å²) in [5.74, 6) is 5.65. The molecule has 0 bridgehead atoms. The summed E-state index contributed by atoms with van der Waals surface area (Å²) in [6, 6.07) is 7.77. The molecular weight excluding hydrogens is 224 g/mol. The van der Waals surface area contributed by atoms with Gasteiger partial charge in [0.05, 0.1) is 11.6 Å². The number of hydrogen-bond donors (Lipinski definition) is 2. The highest BCUT2D eigenvalue weighted by Crippen LogP contribution is 2.44. The van der Waals surface area contributed by atoms with E-state index >= 15 is 0 Å². The van der Waals surface area contributed by atoms with E-state index in [0.717, 1.165) is 23.4 Å². The van der Waals surface area contributed by atoms with E-state index in [-0.39, 0.29) is 11.6 Å². The molecule has 3 N–H and O–H groups in total. The van der Waals surface area contributed by atoms with Crippen LogP contribution >= 0.6 is 11.6 Å². The molecule has 16 heavy (non-hydrogen) atoms. The average Bonchev–Trinajstić information content (AvgIpc) is 2.25. The van der Waals surface area contributed by atoms with Gasteiger partial charge in [0.25, 0.3) is 0 Å². The molecule has 88 valence electrons. The summed E-state index contributed by atoms with van der Waals surface area (Å²) in [6.45, 7) is 0. The molecule has 3 nitrogen and oxygen atoms in total. The second-order valence-electron chi connectivity index (χ2n) is 4.27. The third-order valence-electron chi connectivity index (χ3n) is 3.50. The number of rotatable bonds is 4. The Labute approximate surface area is 101 Å². The molecule has 0 radical (unpaired) electrons. The van der Waals surface area contributed by atoms with Crippen LogP contribution in [0.1, 0.15) is 30.9 Å². The van der Waals surface area contributed by atoms with Crippen molar-refractivity contribution in [2.45, 2.75) is 30.9 Å². The predicted octanol–water partition coefficient (Wildman–Crippen LogP) is 2.41. The molecule has 1 aliphatic carbocycles. The van der Waals surface area contributed by atoms with Gasteiger partial charge >= 0.3 is 0 Å². The second kappa shape index (κ2) is 4.72. The summed E-state index contributed by atoms with van der Waals surface area (Å²) < 4.78 is 5.64. The van der Waals surface area contributed by atoms with Gasteiger partial charge in [-0.05, 0) is 37.0 Å². The maximum absolute atomic E-state index is 5.87. The molecule has 1 fully saturated rings. The molecule has 1 atom stereocenters. The van der Waals surface area contributed by atoms with Crippen molar-refractivity contribution in [1.29, 1.82) is 0 Å². The molecule has 1 saturated carbocycles. The lowest BCUT2D eigenvalue weighted by molar-refractivity contribution is -0.0999. The van der Waals surface area contributed by atoms with Crippen molar-refractivity contribution in [3.63, 3.8) is 0 Å². The van der Waals surface area contributed by atoms with Crippen LogP contribution < -0.4 is 11.3 Å². The van der Waals surface area contributed by atoms with Gasteiger partial charge in [-0.3, -0.25) is 11.3 Å². The second-order valence-corrected chi connectivity index (χ2v) is 4.71. The number of hydrogen-bond acceptors (Lipinski definition) is 3. The fourth-order valence-corrected chi connectivity index (χ4v) is 2.47. The number of halogens is 1. The van der Waals surface area contributed by atoms with Gasteiger partial charge in [0.1, 0.15) is 0 Å². The molecule has 1 unspecified atom stereocenters. The number of nitrogens with two attached hydrogens (primary N) is 1. The molecule has 0 aliphatic heterocycles.